The smallest absolute Gasteiger partial charge is 0.306 e. The molecule has 0 aromatic carbocycles. The van der Waals surface area contributed by atoms with E-state index in [9.17, 15) is 29.7 Å². The van der Waals surface area contributed by atoms with E-state index < -0.39 is 76.5 Å². The molecule has 12 atom stereocenters. The standard InChI is InChI=1S/C39H62O9/c1-11-12-13-29(44)48-32-33(47-23(3)42)39(21-40)25(20-34(32,4)5)24-14-15-27-36(8)18-17-28(43)35(6,7)26(36)16-19-37(27,9)38(24,10)31(30(39)45)46-22(2)41/h14,25-28,30-33,40,43,45H,11-13,15-21H2,1-10H3. The van der Waals surface area contributed by atoms with Crippen LogP contribution in [-0.2, 0) is 28.6 Å². The molecule has 5 rings (SSSR count). The van der Waals surface area contributed by atoms with Crippen molar-refractivity contribution in [3.05, 3.63) is 11.6 Å². The number of aliphatic hydroxyl groups excluding tert-OH is 3. The Kier molecular flexibility index (Phi) is 9.60. The molecule has 0 bridgehead atoms. The van der Waals surface area contributed by atoms with Gasteiger partial charge in [0.1, 0.15) is 18.3 Å². The lowest BCUT2D eigenvalue weighted by atomic mass is 9.32. The SMILES string of the molecule is CCCCC(=O)OC1C(OC(C)=O)C2(CO)C(CC1(C)C)C1=CCC3C4(C)CCC(O)C(C)(C)C4CCC3(C)C1(C)C(OC(C)=O)C2O. The number of hydrogen-bond acceptors (Lipinski definition) is 9. The van der Waals surface area contributed by atoms with E-state index >= 15 is 0 Å². The highest BCUT2D eigenvalue weighted by Crippen LogP contribution is 2.76. The molecule has 0 spiro atoms. The molecule has 12 unspecified atom stereocenters. The number of carbonyl (C=O) groups excluding carboxylic acids is 3. The van der Waals surface area contributed by atoms with Crippen LogP contribution < -0.4 is 0 Å². The normalized spacial score (nSPS) is 45.6. The van der Waals surface area contributed by atoms with E-state index in [2.05, 4.69) is 40.7 Å². The third kappa shape index (κ3) is 5.13. The van der Waals surface area contributed by atoms with Gasteiger partial charge in [-0.25, -0.2) is 0 Å². The molecule has 0 saturated heterocycles. The van der Waals surface area contributed by atoms with E-state index in [-0.39, 0.29) is 29.3 Å². The molecule has 5 aliphatic carbocycles. The van der Waals surface area contributed by atoms with Crippen LogP contribution in [0.3, 0.4) is 0 Å². The Morgan fingerprint density at radius 1 is 0.854 bits per heavy atom. The second-order valence-electron chi connectivity index (χ2n) is 18.1. The monoisotopic (exact) mass is 674 g/mol. The van der Waals surface area contributed by atoms with E-state index in [1.807, 2.05) is 20.8 Å². The summed E-state index contributed by atoms with van der Waals surface area (Å²) in [4.78, 5) is 38.9. The van der Waals surface area contributed by atoms with Crippen molar-refractivity contribution >= 4 is 17.9 Å². The molecule has 4 saturated carbocycles. The van der Waals surface area contributed by atoms with Crippen LogP contribution in [0.25, 0.3) is 0 Å². The Labute approximate surface area is 287 Å². The quantitative estimate of drug-likeness (QED) is 0.171. The maximum Gasteiger partial charge on any atom is 0.306 e. The molecule has 0 radical (unpaired) electrons. The topological polar surface area (TPSA) is 140 Å². The molecular formula is C39H62O9. The highest BCUT2D eigenvalue weighted by molar-refractivity contribution is 5.70. The molecule has 0 aliphatic heterocycles. The Balaban J connectivity index is 1.71. The number of carbonyl (C=O) groups is 3. The van der Waals surface area contributed by atoms with Gasteiger partial charge in [-0.3, -0.25) is 14.4 Å². The Hall–Kier alpha value is -1.97. The van der Waals surface area contributed by atoms with Gasteiger partial charge in [-0.2, -0.15) is 0 Å². The third-order valence-corrected chi connectivity index (χ3v) is 15.0. The van der Waals surface area contributed by atoms with Gasteiger partial charge in [0.15, 0.2) is 6.10 Å². The summed E-state index contributed by atoms with van der Waals surface area (Å²) in [5.74, 6) is -1.53. The molecular weight excluding hydrogens is 612 g/mol. The van der Waals surface area contributed by atoms with Crippen LogP contribution in [0, 0.1) is 50.2 Å². The van der Waals surface area contributed by atoms with Crippen molar-refractivity contribution in [3.8, 4) is 0 Å². The van der Waals surface area contributed by atoms with Crippen LogP contribution in [0.5, 0.6) is 0 Å². The molecule has 5 aliphatic rings. The number of unbranched alkanes of at least 4 members (excludes halogenated alkanes) is 1. The zero-order valence-electron chi connectivity index (χ0n) is 31.1. The van der Waals surface area contributed by atoms with Crippen molar-refractivity contribution in [2.24, 2.45) is 50.2 Å². The minimum Gasteiger partial charge on any atom is -0.459 e. The van der Waals surface area contributed by atoms with Crippen LogP contribution in [0.1, 0.15) is 127 Å². The maximum absolute atomic E-state index is 13.1. The highest BCUT2D eigenvalue weighted by Gasteiger charge is 2.77. The summed E-state index contributed by atoms with van der Waals surface area (Å²) in [7, 11) is 0. The molecule has 0 aromatic rings. The first-order chi connectivity index (χ1) is 22.2. The van der Waals surface area contributed by atoms with Crippen LogP contribution in [0.4, 0.5) is 0 Å². The minimum atomic E-state index is -1.50. The lowest BCUT2D eigenvalue weighted by Gasteiger charge is -2.73. The summed E-state index contributed by atoms with van der Waals surface area (Å²) in [6, 6.07) is 0. The van der Waals surface area contributed by atoms with E-state index in [1.54, 1.807) is 0 Å². The number of ether oxygens (including phenoxy) is 3. The maximum atomic E-state index is 13.1. The van der Waals surface area contributed by atoms with Gasteiger partial charge >= 0.3 is 17.9 Å². The molecule has 3 N–H and O–H groups in total. The van der Waals surface area contributed by atoms with Gasteiger partial charge in [0.05, 0.1) is 18.1 Å². The average Bonchev–Trinajstić information content (AvgIpc) is 2.98. The second-order valence-corrected chi connectivity index (χ2v) is 18.1. The molecule has 9 nitrogen and oxygen atoms in total. The van der Waals surface area contributed by atoms with Crippen molar-refractivity contribution in [2.45, 2.75) is 158 Å². The summed E-state index contributed by atoms with van der Waals surface area (Å²) in [5, 5.41) is 35.4. The molecule has 9 heteroatoms. The first kappa shape index (κ1) is 37.3. The van der Waals surface area contributed by atoms with Gasteiger partial charge in [-0.15, -0.1) is 0 Å². The van der Waals surface area contributed by atoms with Crippen molar-refractivity contribution in [2.75, 3.05) is 6.61 Å². The van der Waals surface area contributed by atoms with E-state index in [4.69, 9.17) is 14.2 Å². The summed E-state index contributed by atoms with van der Waals surface area (Å²) in [6.45, 7) is 19.3. The third-order valence-electron chi connectivity index (χ3n) is 15.0. The summed E-state index contributed by atoms with van der Waals surface area (Å²) in [6.07, 6.45) is 3.53. The fourth-order valence-electron chi connectivity index (χ4n) is 12.3. The van der Waals surface area contributed by atoms with E-state index in [0.29, 0.717) is 18.8 Å². The molecule has 0 amide bonds. The van der Waals surface area contributed by atoms with Crippen LogP contribution in [0.15, 0.2) is 11.6 Å². The van der Waals surface area contributed by atoms with E-state index in [0.717, 1.165) is 44.1 Å². The number of allylic oxidation sites excluding steroid dienone is 1. The molecule has 272 valence electrons. The molecule has 48 heavy (non-hydrogen) atoms. The number of fused-ring (bicyclic) bond motifs is 7. The Morgan fingerprint density at radius 3 is 2.06 bits per heavy atom. The summed E-state index contributed by atoms with van der Waals surface area (Å²) < 4.78 is 18.5. The fraction of sp³-hybridized carbons (Fsp3) is 0.872. The van der Waals surface area contributed by atoms with Crippen LogP contribution in [-0.4, -0.2) is 70.4 Å². The van der Waals surface area contributed by atoms with Gasteiger partial charge in [-0.1, -0.05) is 73.5 Å². The van der Waals surface area contributed by atoms with Crippen molar-refractivity contribution in [3.63, 3.8) is 0 Å². The lowest BCUT2D eigenvalue weighted by Crippen LogP contribution is -2.77. The van der Waals surface area contributed by atoms with Gasteiger partial charge in [0.2, 0.25) is 0 Å². The van der Waals surface area contributed by atoms with Gasteiger partial charge < -0.3 is 29.5 Å². The second kappa shape index (κ2) is 12.4. The van der Waals surface area contributed by atoms with Crippen molar-refractivity contribution < 1.29 is 43.9 Å². The number of aliphatic hydroxyl groups is 3. The first-order valence-electron chi connectivity index (χ1n) is 18.4. The zero-order chi connectivity index (χ0) is 35.8. The molecule has 4 fully saturated rings. The number of hydrogen-bond donors (Lipinski definition) is 3. The van der Waals surface area contributed by atoms with Crippen molar-refractivity contribution in [1.82, 2.24) is 0 Å². The summed E-state index contributed by atoms with van der Waals surface area (Å²) >= 11 is 0. The lowest BCUT2D eigenvalue weighted by molar-refractivity contribution is -0.295. The largest absolute Gasteiger partial charge is 0.459 e. The zero-order valence-corrected chi connectivity index (χ0v) is 31.1. The summed E-state index contributed by atoms with van der Waals surface area (Å²) in [5.41, 5.74) is -2.74. The molecule has 0 heterocycles. The Bertz CT molecular complexity index is 1320. The predicted octanol–water partition coefficient (Wildman–Crippen LogP) is 5.91. The van der Waals surface area contributed by atoms with Crippen LogP contribution >= 0.6 is 0 Å². The van der Waals surface area contributed by atoms with Crippen molar-refractivity contribution in [1.29, 1.82) is 0 Å². The van der Waals surface area contributed by atoms with Gasteiger partial charge in [-0.05, 0) is 78.9 Å². The van der Waals surface area contributed by atoms with Gasteiger partial charge in [0, 0.05) is 31.1 Å². The number of rotatable bonds is 7. The average molecular weight is 675 g/mol. The minimum absolute atomic E-state index is 0.0953. The number of esters is 3. The predicted molar refractivity (Wildman–Crippen MR) is 180 cm³/mol. The first-order valence-corrected chi connectivity index (χ1v) is 18.4. The van der Waals surface area contributed by atoms with Crippen LogP contribution in [0.2, 0.25) is 0 Å². The van der Waals surface area contributed by atoms with Gasteiger partial charge in [0.25, 0.3) is 0 Å². The molecule has 0 aromatic heterocycles. The Morgan fingerprint density at radius 2 is 1.48 bits per heavy atom. The van der Waals surface area contributed by atoms with E-state index in [1.165, 1.54) is 13.8 Å². The fourth-order valence-corrected chi connectivity index (χ4v) is 12.3. The highest BCUT2D eigenvalue weighted by atomic mass is 16.6.